The van der Waals surface area contributed by atoms with Gasteiger partial charge in [-0.3, -0.25) is 4.79 Å². The van der Waals surface area contributed by atoms with Crippen molar-refractivity contribution >= 4 is 23.5 Å². The summed E-state index contributed by atoms with van der Waals surface area (Å²) >= 11 is 0. The van der Waals surface area contributed by atoms with E-state index < -0.39 is 6.09 Å². The zero-order valence-corrected chi connectivity index (χ0v) is 13.7. The van der Waals surface area contributed by atoms with Crippen LogP contribution in [0.5, 0.6) is 0 Å². The zero-order valence-electron chi connectivity index (χ0n) is 13.7. The van der Waals surface area contributed by atoms with Gasteiger partial charge in [-0.15, -0.1) is 0 Å². The number of aromatic nitrogens is 1. The molecule has 126 valence electrons. The number of pyridine rings is 1. The Morgan fingerprint density at radius 2 is 1.88 bits per heavy atom. The summed E-state index contributed by atoms with van der Waals surface area (Å²) in [5, 5.41) is 5.05. The molecule has 0 unspecified atom stereocenters. The van der Waals surface area contributed by atoms with E-state index in [1.165, 1.54) is 0 Å². The second-order valence-electron chi connectivity index (χ2n) is 5.26. The Bertz CT molecular complexity index is 672. The van der Waals surface area contributed by atoms with E-state index in [4.69, 9.17) is 4.74 Å². The Kier molecular flexibility index (Phi) is 6.13. The smallest absolute Gasteiger partial charge is 0.407 e. The molecule has 0 radical (unpaired) electrons. The highest BCUT2D eigenvalue weighted by Gasteiger charge is 2.07. The number of anilines is 2. The Balaban J connectivity index is 1.71. The minimum absolute atomic E-state index is 0.157. The number of alkyl carbamates (subject to hydrolysis) is 1. The SMILES string of the molecule is CN(C)c1ccc(NC(=O)CNC(=O)OCc2ccccc2)cn1. The summed E-state index contributed by atoms with van der Waals surface area (Å²) in [4.78, 5) is 29.4. The van der Waals surface area contributed by atoms with Crippen molar-refractivity contribution in [2.24, 2.45) is 0 Å². The van der Waals surface area contributed by atoms with Crippen LogP contribution in [0, 0.1) is 0 Å². The monoisotopic (exact) mass is 328 g/mol. The van der Waals surface area contributed by atoms with Gasteiger partial charge in [0.25, 0.3) is 0 Å². The lowest BCUT2D eigenvalue weighted by atomic mass is 10.2. The van der Waals surface area contributed by atoms with E-state index in [9.17, 15) is 9.59 Å². The van der Waals surface area contributed by atoms with Crippen molar-refractivity contribution in [3.8, 4) is 0 Å². The lowest BCUT2D eigenvalue weighted by molar-refractivity contribution is -0.115. The molecule has 2 aromatic rings. The first-order valence-corrected chi connectivity index (χ1v) is 7.42. The van der Waals surface area contributed by atoms with E-state index in [1.54, 1.807) is 18.3 Å². The first kappa shape index (κ1) is 17.3. The molecule has 2 rings (SSSR count). The third-order valence-corrected chi connectivity index (χ3v) is 3.10. The van der Waals surface area contributed by atoms with Crippen molar-refractivity contribution < 1.29 is 14.3 Å². The van der Waals surface area contributed by atoms with Crippen LogP contribution in [0.4, 0.5) is 16.3 Å². The minimum atomic E-state index is -0.643. The van der Waals surface area contributed by atoms with Gasteiger partial charge in [0.1, 0.15) is 19.0 Å². The van der Waals surface area contributed by atoms with E-state index in [0.29, 0.717) is 5.69 Å². The number of amides is 2. The predicted octanol–water partition coefficient (Wildman–Crippen LogP) is 2.01. The first-order valence-electron chi connectivity index (χ1n) is 7.42. The molecule has 2 N–H and O–H groups in total. The highest BCUT2D eigenvalue weighted by Crippen LogP contribution is 2.11. The van der Waals surface area contributed by atoms with Gasteiger partial charge < -0.3 is 20.3 Å². The number of rotatable bonds is 6. The molecule has 24 heavy (non-hydrogen) atoms. The maximum Gasteiger partial charge on any atom is 0.407 e. The Morgan fingerprint density at radius 1 is 1.12 bits per heavy atom. The molecule has 0 saturated heterocycles. The second-order valence-corrected chi connectivity index (χ2v) is 5.26. The van der Waals surface area contributed by atoms with Gasteiger partial charge in [0.05, 0.1) is 11.9 Å². The van der Waals surface area contributed by atoms with Gasteiger partial charge in [-0.05, 0) is 17.7 Å². The minimum Gasteiger partial charge on any atom is -0.445 e. The highest BCUT2D eigenvalue weighted by atomic mass is 16.5. The van der Waals surface area contributed by atoms with Gasteiger partial charge in [0.15, 0.2) is 0 Å². The average molecular weight is 328 g/mol. The summed E-state index contributed by atoms with van der Waals surface area (Å²) in [5.74, 6) is 0.432. The fourth-order valence-corrected chi connectivity index (χ4v) is 1.86. The van der Waals surface area contributed by atoms with Gasteiger partial charge in [0.2, 0.25) is 5.91 Å². The molecule has 0 bridgehead atoms. The third-order valence-electron chi connectivity index (χ3n) is 3.10. The maximum absolute atomic E-state index is 11.8. The van der Waals surface area contributed by atoms with E-state index >= 15 is 0 Å². The van der Waals surface area contributed by atoms with Crippen LogP contribution in [0.3, 0.4) is 0 Å². The lowest BCUT2D eigenvalue weighted by Gasteiger charge is -2.12. The summed E-state index contributed by atoms with van der Waals surface area (Å²) in [6, 6.07) is 12.8. The van der Waals surface area contributed by atoms with Crippen LogP contribution in [0.2, 0.25) is 0 Å². The average Bonchev–Trinajstić information content (AvgIpc) is 2.59. The fourth-order valence-electron chi connectivity index (χ4n) is 1.86. The van der Waals surface area contributed by atoms with Gasteiger partial charge in [-0.1, -0.05) is 30.3 Å². The molecule has 0 saturated carbocycles. The number of ether oxygens (including phenoxy) is 1. The van der Waals surface area contributed by atoms with E-state index in [0.717, 1.165) is 11.4 Å². The summed E-state index contributed by atoms with van der Waals surface area (Å²) < 4.78 is 5.02. The quantitative estimate of drug-likeness (QED) is 0.847. The molecule has 7 nitrogen and oxygen atoms in total. The van der Waals surface area contributed by atoms with Crippen molar-refractivity contribution in [2.75, 3.05) is 30.9 Å². The van der Waals surface area contributed by atoms with Crippen LogP contribution >= 0.6 is 0 Å². The number of benzene rings is 1. The number of nitrogens with one attached hydrogen (secondary N) is 2. The topological polar surface area (TPSA) is 83.6 Å². The summed E-state index contributed by atoms with van der Waals surface area (Å²) in [5.41, 5.74) is 1.44. The third kappa shape index (κ3) is 5.60. The van der Waals surface area contributed by atoms with E-state index in [-0.39, 0.29) is 19.1 Å². The number of nitrogens with zero attached hydrogens (tertiary/aromatic N) is 2. The number of carbonyl (C=O) groups is 2. The number of hydrogen-bond acceptors (Lipinski definition) is 5. The van der Waals surface area contributed by atoms with Gasteiger partial charge >= 0.3 is 6.09 Å². The first-order chi connectivity index (χ1) is 11.5. The predicted molar refractivity (Wildman–Crippen MR) is 91.8 cm³/mol. The summed E-state index contributed by atoms with van der Waals surface area (Å²) in [7, 11) is 3.76. The second kappa shape index (κ2) is 8.52. The largest absolute Gasteiger partial charge is 0.445 e. The van der Waals surface area contributed by atoms with Crippen molar-refractivity contribution in [2.45, 2.75) is 6.61 Å². The number of hydrogen-bond donors (Lipinski definition) is 2. The molecule has 0 aliphatic carbocycles. The van der Waals surface area contributed by atoms with Crippen LogP contribution < -0.4 is 15.5 Å². The molecule has 2 amide bonds. The highest BCUT2D eigenvalue weighted by molar-refractivity contribution is 5.93. The van der Waals surface area contributed by atoms with Crippen LogP contribution in [0.1, 0.15) is 5.56 Å². The van der Waals surface area contributed by atoms with Crippen molar-refractivity contribution in [3.05, 3.63) is 54.2 Å². The normalized spacial score (nSPS) is 9.92. The molecule has 1 aromatic heterocycles. The molecule has 7 heteroatoms. The van der Waals surface area contributed by atoms with Crippen molar-refractivity contribution in [3.63, 3.8) is 0 Å². The molecule has 0 spiro atoms. The molecule has 0 aliphatic heterocycles. The summed E-state index contributed by atoms with van der Waals surface area (Å²) in [6.07, 6.45) is 0.913. The Labute approximate surface area is 140 Å². The molecular weight excluding hydrogens is 308 g/mol. The van der Waals surface area contributed by atoms with Crippen LogP contribution in [0.15, 0.2) is 48.7 Å². The van der Waals surface area contributed by atoms with E-state index in [1.807, 2.05) is 49.3 Å². The van der Waals surface area contributed by atoms with Crippen LogP contribution in [-0.2, 0) is 16.1 Å². The molecule has 0 aliphatic rings. The fraction of sp³-hybridized carbons (Fsp3) is 0.235. The molecule has 1 aromatic carbocycles. The Morgan fingerprint density at radius 3 is 2.50 bits per heavy atom. The van der Waals surface area contributed by atoms with Crippen LogP contribution in [-0.4, -0.2) is 37.6 Å². The molecule has 0 fully saturated rings. The maximum atomic E-state index is 11.8. The van der Waals surface area contributed by atoms with Gasteiger partial charge in [-0.2, -0.15) is 0 Å². The van der Waals surface area contributed by atoms with Crippen LogP contribution in [0.25, 0.3) is 0 Å². The van der Waals surface area contributed by atoms with E-state index in [2.05, 4.69) is 15.6 Å². The molecular formula is C17H20N4O3. The zero-order chi connectivity index (χ0) is 17.4. The lowest BCUT2D eigenvalue weighted by Crippen LogP contribution is -2.33. The summed E-state index contributed by atoms with van der Waals surface area (Å²) in [6.45, 7) is -0.0206. The van der Waals surface area contributed by atoms with Gasteiger partial charge in [-0.25, -0.2) is 9.78 Å². The van der Waals surface area contributed by atoms with Crippen molar-refractivity contribution in [1.82, 2.24) is 10.3 Å². The molecule has 0 atom stereocenters. The number of carbonyl (C=O) groups excluding carboxylic acids is 2. The standard InChI is InChI=1S/C17H20N4O3/c1-21(2)15-9-8-14(10-18-15)20-16(22)11-19-17(23)24-12-13-6-4-3-5-7-13/h3-10H,11-12H2,1-2H3,(H,19,23)(H,20,22). The molecule has 1 heterocycles. The van der Waals surface area contributed by atoms with Gasteiger partial charge in [0, 0.05) is 14.1 Å². The Hall–Kier alpha value is -3.09. The van der Waals surface area contributed by atoms with Crippen molar-refractivity contribution in [1.29, 1.82) is 0 Å².